The Labute approximate surface area is 108 Å². The highest BCUT2D eigenvalue weighted by Gasteiger charge is 2.27. The molecule has 1 N–H and O–H groups in total. The number of aromatic nitrogens is 1. The number of carboxylic acid groups (broad SMARTS) is 1. The summed E-state index contributed by atoms with van der Waals surface area (Å²) in [6, 6.07) is 0. The van der Waals surface area contributed by atoms with Crippen molar-refractivity contribution < 1.29 is 14.4 Å². The zero-order valence-electron chi connectivity index (χ0n) is 10.0. The molecule has 0 saturated carbocycles. The second kappa shape index (κ2) is 4.28. The number of rotatable bonds is 1. The maximum atomic E-state index is 10.9. The van der Waals surface area contributed by atoms with Gasteiger partial charge in [0.15, 0.2) is 5.58 Å². The molecule has 0 aromatic carbocycles. The molecule has 2 aromatic heterocycles. The van der Waals surface area contributed by atoms with E-state index >= 15 is 0 Å². The van der Waals surface area contributed by atoms with Crippen molar-refractivity contribution in [3.05, 3.63) is 16.6 Å². The van der Waals surface area contributed by atoms with E-state index in [9.17, 15) is 4.79 Å². The average Bonchev–Trinajstić information content (AvgIpc) is 2.93. The Morgan fingerprint density at radius 1 is 1.56 bits per heavy atom. The number of likely N-dealkylation sites (tertiary alicyclic amines) is 1. The minimum absolute atomic E-state index is 0.319. The monoisotopic (exact) mass is 266 g/mol. The Kier molecular flexibility index (Phi) is 2.74. The quantitative estimate of drug-likeness (QED) is 0.861. The van der Waals surface area contributed by atoms with Crippen LogP contribution in [0.3, 0.4) is 0 Å². The normalized spacial score (nSPS) is 17.5. The minimum Gasteiger partial charge on any atom is -0.465 e. The number of thiophene rings is 1. The van der Waals surface area contributed by atoms with E-state index in [-0.39, 0.29) is 0 Å². The Morgan fingerprint density at radius 3 is 2.94 bits per heavy atom. The van der Waals surface area contributed by atoms with Crippen molar-refractivity contribution in [1.82, 2.24) is 10.1 Å². The van der Waals surface area contributed by atoms with Gasteiger partial charge in [-0.1, -0.05) is 5.16 Å². The topological polar surface area (TPSA) is 66.6 Å². The molecular weight excluding hydrogens is 252 g/mol. The molecule has 1 amide bonds. The third kappa shape index (κ3) is 1.77. The number of hydrogen-bond donors (Lipinski definition) is 1. The molecule has 1 fully saturated rings. The lowest BCUT2D eigenvalue weighted by Gasteiger charge is -2.28. The fourth-order valence-corrected chi connectivity index (χ4v) is 3.50. The van der Waals surface area contributed by atoms with Gasteiger partial charge in [-0.15, -0.1) is 11.3 Å². The fraction of sp³-hybridized carbons (Fsp3) is 0.500. The predicted octanol–water partition coefficient (Wildman–Crippen LogP) is 3.06. The largest absolute Gasteiger partial charge is 0.465 e. The maximum Gasteiger partial charge on any atom is 0.407 e. The summed E-state index contributed by atoms with van der Waals surface area (Å²) in [5.74, 6) is 0.319. The van der Waals surface area contributed by atoms with Crippen molar-refractivity contribution in [2.45, 2.75) is 25.7 Å². The second-order valence-corrected chi connectivity index (χ2v) is 5.57. The molecule has 0 radical (unpaired) electrons. The van der Waals surface area contributed by atoms with E-state index in [1.165, 1.54) is 4.90 Å². The summed E-state index contributed by atoms with van der Waals surface area (Å²) in [5, 5.41) is 15.2. The molecular formula is C12H14N2O3S. The standard InChI is InChI=1S/C12H14N2O3S/c1-7-6-18-11-9(13-17-10(7)11)8-2-4-14(5-3-8)12(15)16/h6,8H,2-5H2,1H3,(H,15,16). The molecule has 5 nitrogen and oxygen atoms in total. The van der Waals surface area contributed by atoms with Gasteiger partial charge in [0.1, 0.15) is 5.69 Å². The number of amides is 1. The molecule has 3 rings (SSSR count). The van der Waals surface area contributed by atoms with Crippen LogP contribution in [-0.4, -0.2) is 34.3 Å². The smallest absolute Gasteiger partial charge is 0.407 e. The molecule has 1 saturated heterocycles. The van der Waals surface area contributed by atoms with Crippen LogP contribution in [0.4, 0.5) is 4.79 Å². The van der Waals surface area contributed by atoms with Gasteiger partial charge >= 0.3 is 6.09 Å². The first-order valence-electron chi connectivity index (χ1n) is 5.98. The van der Waals surface area contributed by atoms with Gasteiger partial charge in [0.2, 0.25) is 0 Å². The first kappa shape index (κ1) is 11.5. The molecule has 6 heteroatoms. The van der Waals surface area contributed by atoms with Crippen LogP contribution in [0.2, 0.25) is 0 Å². The number of piperidine rings is 1. The van der Waals surface area contributed by atoms with Gasteiger partial charge in [-0.25, -0.2) is 4.79 Å². The van der Waals surface area contributed by atoms with Gasteiger partial charge in [-0.2, -0.15) is 0 Å². The van der Waals surface area contributed by atoms with Crippen LogP contribution in [0.5, 0.6) is 0 Å². The number of carbonyl (C=O) groups is 1. The lowest BCUT2D eigenvalue weighted by molar-refractivity contribution is 0.131. The summed E-state index contributed by atoms with van der Waals surface area (Å²) in [6.45, 7) is 3.18. The van der Waals surface area contributed by atoms with Crippen molar-refractivity contribution in [3.8, 4) is 0 Å². The molecule has 3 heterocycles. The summed E-state index contributed by atoms with van der Waals surface area (Å²) in [7, 11) is 0. The van der Waals surface area contributed by atoms with Crippen LogP contribution in [0.15, 0.2) is 9.90 Å². The van der Waals surface area contributed by atoms with Crippen molar-refractivity contribution in [1.29, 1.82) is 0 Å². The molecule has 1 aliphatic rings. The Morgan fingerprint density at radius 2 is 2.28 bits per heavy atom. The van der Waals surface area contributed by atoms with Gasteiger partial charge in [-0.3, -0.25) is 0 Å². The van der Waals surface area contributed by atoms with Gasteiger partial charge in [-0.05, 0) is 25.1 Å². The molecule has 0 unspecified atom stereocenters. The van der Waals surface area contributed by atoms with Crippen LogP contribution in [-0.2, 0) is 0 Å². The van der Waals surface area contributed by atoms with Crippen LogP contribution < -0.4 is 0 Å². The summed E-state index contributed by atoms with van der Waals surface area (Å²) < 4.78 is 6.50. The van der Waals surface area contributed by atoms with E-state index in [2.05, 4.69) is 10.5 Å². The van der Waals surface area contributed by atoms with E-state index < -0.39 is 6.09 Å². The van der Waals surface area contributed by atoms with Gasteiger partial charge in [0, 0.05) is 24.6 Å². The molecule has 2 aromatic rings. The first-order chi connectivity index (χ1) is 8.66. The molecule has 0 bridgehead atoms. The Hall–Kier alpha value is -1.56. The molecule has 1 aliphatic heterocycles. The number of aryl methyl sites for hydroxylation is 1. The van der Waals surface area contributed by atoms with Crippen LogP contribution in [0.1, 0.15) is 30.0 Å². The van der Waals surface area contributed by atoms with E-state index in [4.69, 9.17) is 9.63 Å². The predicted molar refractivity (Wildman–Crippen MR) is 68.2 cm³/mol. The Balaban J connectivity index is 1.82. The highest BCUT2D eigenvalue weighted by Crippen LogP contribution is 2.36. The number of nitrogens with zero attached hydrogens (tertiary/aromatic N) is 2. The molecule has 0 aliphatic carbocycles. The van der Waals surface area contributed by atoms with Gasteiger partial charge < -0.3 is 14.5 Å². The zero-order valence-corrected chi connectivity index (χ0v) is 10.9. The van der Waals surface area contributed by atoms with Crippen LogP contribution in [0, 0.1) is 6.92 Å². The average molecular weight is 266 g/mol. The van der Waals surface area contributed by atoms with Crippen LogP contribution >= 0.6 is 11.3 Å². The number of fused-ring (bicyclic) bond motifs is 1. The summed E-state index contributed by atoms with van der Waals surface area (Å²) in [4.78, 5) is 12.3. The molecule has 0 atom stereocenters. The highest BCUT2D eigenvalue weighted by atomic mass is 32.1. The van der Waals surface area contributed by atoms with E-state index in [1.807, 2.05) is 6.92 Å². The summed E-state index contributed by atoms with van der Waals surface area (Å²) in [5.41, 5.74) is 3.01. The minimum atomic E-state index is -0.828. The van der Waals surface area contributed by atoms with Crippen molar-refractivity contribution >= 4 is 27.7 Å². The Bertz CT molecular complexity index is 581. The lowest BCUT2D eigenvalue weighted by Crippen LogP contribution is -2.36. The van der Waals surface area contributed by atoms with Crippen molar-refractivity contribution in [3.63, 3.8) is 0 Å². The maximum absolute atomic E-state index is 10.9. The first-order valence-corrected chi connectivity index (χ1v) is 6.86. The van der Waals surface area contributed by atoms with Gasteiger partial charge in [0.05, 0.1) is 4.70 Å². The lowest BCUT2D eigenvalue weighted by atomic mass is 9.93. The van der Waals surface area contributed by atoms with Crippen LogP contribution in [0.25, 0.3) is 10.3 Å². The van der Waals surface area contributed by atoms with Gasteiger partial charge in [0.25, 0.3) is 0 Å². The fourth-order valence-electron chi connectivity index (χ4n) is 2.46. The van der Waals surface area contributed by atoms with E-state index in [0.29, 0.717) is 19.0 Å². The molecule has 18 heavy (non-hydrogen) atoms. The van der Waals surface area contributed by atoms with E-state index in [0.717, 1.165) is 34.4 Å². The zero-order chi connectivity index (χ0) is 12.7. The summed E-state index contributed by atoms with van der Waals surface area (Å²) in [6.07, 6.45) is 0.821. The van der Waals surface area contributed by atoms with E-state index in [1.54, 1.807) is 11.3 Å². The third-order valence-electron chi connectivity index (χ3n) is 3.54. The number of hydrogen-bond acceptors (Lipinski definition) is 4. The molecule has 0 spiro atoms. The second-order valence-electron chi connectivity index (χ2n) is 4.69. The van der Waals surface area contributed by atoms with Crippen molar-refractivity contribution in [2.75, 3.05) is 13.1 Å². The van der Waals surface area contributed by atoms with Crippen molar-refractivity contribution in [2.24, 2.45) is 0 Å². The highest BCUT2D eigenvalue weighted by molar-refractivity contribution is 7.17. The third-order valence-corrected chi connectivity index (χ3v) is 4.64. The molecule has 96 valence electrons. The summed E-state index contributed by atoms with van der Waals surface area (Å²) >= 11 is 1.66. The SMILES string of the molecule is Cc1csc2c(C3CCN(C(=O)O)CC3)noc12.